The molecule has 2 aromatic carbocycles. The number of hydrogen-bond donors (Lipinski definition) is 1. The number of anilines is 1. The smallest absolute Gasteiger partial charge is 0.232 e. The first-order valence-corrected chi connectivity index (χ1v) is 9.70. The molecule has 0 bridgehead atoms. The van der Waals surface area contributed by atoms with Gasteiger partial charge in [0, 0.05) is 18.0 Å². The summed E-state index contributed by atoms with van der Waals surface area (Å²) in [4.78, 5) is 12.3. The molecule has 0 atom stereocenters. The van der Waals surface area contributed by atoms with Gasteiger partial charge in [0.05, 0.1) is 6.42 Å². The molecule has 1 N–H and O–H groups in total. The Morgan fingerprint density at radius 1 is 1.19 bits per heavy atom. The van der Waals surface area contributed by atoms with Crippen LogP contribution in [0.5, 0.6) is 0 Å². The van der Waals surface area contributed by atoms with E-state index in [9.17, 15) is 9.18 Å². The number of rotatable bonds is 7. The molecule has 0 spiro atoms. The van der Waals surface area contributed by atoms with E-state index in [-0.39, 0.29) is 18.1 Å². The minimum Gasteiger partial charge on any atom is -0.326 e. The van der Waals surface area contributed by atoms with Crippen molar-refractivity contribution in [1.82, 2.24) is 14.8 Å². The highest BCUT2D eigenvalue weighted by Crippen LogP contribution is 2.23. The number of nitrogens with one attached hydrogen (secondary N) is 1. The Kier molecular flexibility index (Phi) is 6.24. The Morgan fingerprint density at radius 2 is 2.00 bits per heavy atom. The molecule has 7 heteroatoms. The lowest BCUT2D eigenvalue weighted by Gasteiger charge is -2.09. The lowest BCUT2D eigenvalue weighted by atomic mass is 10.2. The summed E-state index contributed by atoms with van der Waals surface area (Å²) in [7, 11) is 0. The molecule has 27 heavy (non-hydrogen) atoms. The molecule has 0 aliphatic carbocycles. The quantitative estimate of drug-likeness (QED) is 0.620. The molecule has 1 amide bonds. The zero-order valence-corrected chi connectivity index (χ0v) is 16.1. The van der Waals surface area contributed by atoms with E-state index in [4.69, 9.17) is 0 Å². The maximum Gasteiger partial charge on any atom is 0.232 e. The summed E-state index contributed by atoms with van der Waals surface area (Å²) in [6.07, 6.45) is 0.134. The van der Waals surface area contributed by atoms with E-state index in [1.807, 2.05) is 48.7 Å². The Labute approximate surface area is 162 Å². The third-order valence-electron chi connectivity index (χ3n) is 4.04. The van der Waals surface area contributed by atoms with E-state index in [0.29, 0.717) is 28.8 Å². The first-order chi connectivity index (χ1) is 13.1. The highest BCUT2D eigenvalue weighted by Gasteiger charge is 2.15. The van der Waals surface area contributed by atoms with E-state index >= 15 is 0 Å². The van der Waals surface area contributed by atoms with E-state index in [1.54, 1.807) is 12.1 Å². The minimum atomic E-state index is -0.231. The minimum absolute atomic E-state index is 0.134. The van der Waals surface area contributed by atoms with Gasteiger partial charge in [0.15, 0.2) is 5.16 Å². The number of benzene rings is 2. The molecular weight excluding hydrogens is 363 g/mol. The fraction of sp³-hybridized carbons (Fsp3) is 0.250. The van der Waals surface area contributed by atoms with E-state index in [0.717, 1.165) is 11.3 Å². The molecule has 5 nitrogen and oxygen atoms in total. The number of carbonyl (C=O) groups excluding carboxylic acids is 1. The molecule has 140 valence electrons. The number of amides is 1. The number of halogens is 1. The van der Waals surface area contributed by atoms with Crippen LogP contribution in [0.15, 0.2) is 53.7 Å². The molecule has 1 aromatic heterocycles. The zero-order chi connectivity index (χ0) is 19.2. The maximum absolute atomic E-state index is 13.8. The van der Waals surface area contributed by atoms with Gasteiger partial charge in [0.2, 0.25) is 5.91 Å². The number of nitrogens with zero attached hydrogens (tertiary/aromatic N) is 3. The zero-order valence-electron chi connectivity index (χ0n) is 15.3. The summed E-state index contributed by atoms with van der Waals surface area (Å²) >= 11 is 1.41. The van der Waals surface area contributed by atoms with Gasteiger partial charge in [0.25, 0.3) is 0 Å². The van der Waals surface area contributed by atoms with Crippen molar-refractivity contribution in [3.05, 3.63) is 71.3 Å². The van der Waals surface area contributed by atoms with Gasteiger partial charge in [-0.2, -0.15) is 0 Å². The summed E-state index contributed by atoms with van der Waals surface area (Å²) in [6, 6.07) is 14.3. The first kappa shape index (κ1) is 19.1. The Bertz CT molecular complexity index is 941. The molecular formula is C20H21FN4OS. The van der Waals surface area contributed by atoms with Crippen molar-refractivity contribution in [3.8, 4) is 0 Å². The van der Waals surface area contributed by atoms with Crippen molar-refractivity contribution in [3.63, 3.8) is 0 Å². The van der Waals surface area contributed by atoms with Gasteiger partial charge in [-0.15, -0.1) is 10.2 Å². The predicted molar refractivity (Wildman–Crippen MR) is 105 cm³/mol. The van der Waals surface area contributed by atoms with Gasteiger partial charge in [-0.05, 0) is 43.2 Å². The van der Waals surface area contributed by atoms with Gasteiger partial charge in [0.1, 0.15) is 11.6 Å². The SMILES string of the molecule is CCn1c(CC(=O)Nc2cccc(C)c2)nnc1SCc1ccccc1F. The molecule has 0 aliphatic heterocycles. The molecule has 1 heterocycles. The summed E-state index contributed by atoms with van der Waals surface area (Å²) < 4.78 is 15.7. The number of hydrogen-bond acceptors (Lipinski definition) is 4. The van der Waals surface area contributed by atoms with Crippen molar-refractivity contribution < 1.29 is 9.18 Å². The highest BCUT2D eigenvalue weighted by molar-refractivity contribution is 7.98. The van der Waals surface area contributed by atoms with Gasteiger partial charge in [-0.3, -0.25) is 4.79 Å². The van der Waals surface area contributed by atoms with Crippen molar-refractivity contribution in [2.24, 2.45) is 0 Å². The van der Waals surface area contributed by atoms with Crippen LogP contribution < -0.4 is 5.32 Å². The fourth-order valence-corrected chi connectivity index (χ4v) is 3.71. The molecule has 0 radical (unpaired) electrons. The molecule has 3 rings (SSSR count). The Balaban J connectivity index is 1.66. The van der Waals surface area contributed by atoms with Gasteiger partial charge < -0.3 is 9.88 Å². The van der Waals surface area contributed by atoms with E-state index < -0.39 is 0 Å². The predicted octanol–water partition coefficient (Wildman–Crippen LogP) is 4.22. The molecule has 0 unspecified atom stereocenters. The third kappa shape index (κ3) is 4.95. The molecule has 0 aliphatic rings. The molecule has 0 fully saturated rings. The second-order valence-electron chi connectivity index (χ2n) is 6.12. The van der Waals surface area contributed by atoms with Crippen LogP contribution in [0.25, 0.3) is 0 Å². The lowest BCUT2D eigenvalue weighted by molar-refractivity contribution is -0.115. The molecule has 0 saturated heterocycles. The number of thioether (sulfide) groups is 1. The van der Waals surface area contributed by atoms with Crippen LogP contribution in [0.3, 0.4) is 0 Å². The van der Waals surface area contributed by atoms with Crippen molar-refractivity contribution in [1.29, 1.82) is 0 Å². The number of carbonyl (C=O) groups is 1. The second-order valence-corrected chi connectivity index (χ2v) is 7.06. The molecule has 0 saturated carbocycles. The third-order valence-corrected chi connectivity index (χ3v) is 5.06. The first-order valence-electron chi connectivity index (χ1n) is 8.71. The van der Waals surface area contributed by atoms with Crippen LogP contribution in [0.2, 0.25) is 0 Å². The summed E-state index contributed by atoms with van der Waals surface area (Å²) in [6.45, 7) is 4.58. The lowest BCUT2D eigenvalue weighted by Crippen LogP contribution is -2.17. The van der Waals surface area contributed by atoms with Crippen LogP contribution in [0.1, 0.15) is 23.9 Å². The van der Waals surface area contributed by atoms with Crippen LogP contribution in [-0.2, 0) is 23.5 Å². The fourth-order valence-electron chi connectivity index (χ4n) is 2.70. The standard InChI is InChI=1S/C20H21FN4OS/c1-3-25-18(12-19(26)22-16-9-6-7-14(2)11-16)23-24-20(25)27-13-15-8-4-5-10-17(15)21/h4-11H,3,12-13H2,1-2H3,(H,22,26). The second kappa shape index (κ2) is 8.81. The average molecular weight is 384 g/mol. The van der Waals surface area contributed by atoms with Gasteiger partial charge in [-0.1, -0.05) is 42.1 Å². The Hall–Kier alpha value is -2.67. The molecule has 3 aromatic rings. The normalized spacial score (nSPS) is 10.8. The van der Waals surface area contributed by atoms with Crippen LogP contribution in [0.4, 0.5) is 10.1 Å². The number of aryl methyl sites for hydroxylation is 1. The van der Waals surface area contributed by atoms with E-state index in [2.05, 4.69) is 15.5 Å². The van der Waals surface area contributed by atoms with Crippen LogP contribution in [-0.4, -0.2) is 20.7 Å². The summed E-state index contributed by atoms with van der Waals surface area (Å²) in [5.74, 6) is 0.678. The van der Waals surface area contributed by atoms with Crippen molar-refractivity contribution in [2.45, 2.75) is 37.7 Å². The topological polar surface area (TPSA) is 59.8 Å². The monoisotopic (exact) mass is 384 g/mol. The van der Waals surface area contributed by atoms with Crippen molar-refractivity contribution >= 4 is 23.4 Å². The summed E-state index contributed by atoms with van der Waals surface area (Å²) in [5, 5.41) is 11.9. The van der Waals surface area contributed by atoms with E-state index in [1.165, 1.54) is 17.8 Å². The number of aromatic nitrogens is 3. The average Bonchev–Trinajstić information content (AvgIpc) is 3.02. The van der Waals surface area contributed by atoms with Crippen molar-refractivity contribution in [2.75, 3.05) is 5.32 Å². The van der Waals surface area contributed by atoms with Gasteiger partial charge in [-0.25, -0.2) is 4.39 Å². The van der Waals surface area contributed by atoms with Crippen LogP contribution in [0, 0.1) is 12.7 Å². The Morgan fingerprint density at radius 3 is 2.74 bits per heavy atom. The summed E-state index contributed by atoms with van der Waals surface area (Å²) in [5.41, 5.74) is 2.46. The largest absolute Gasteiger partial charge is 0.326 e. The van der Waals surface area contributed by atoms with Gasteiger partial charge >= 0.3 is 0 Å². The highest BCUT2D eigenvalue weighted by atomic mass is 32.2. The van der Waals surface area contributed by atoms with Crippen LogP contribution >= 0.6 is 11.8 Å². The maximum atomic E-state index is 13.8.